The van der Waals surface area contributed by atoms with Gasteiger partial charge in [-0.2, -0.15) is 0 Å². The second-order valence-electron chi connectivity index (χ2n) is 6.81. The lowest BCUT2D eigenvalue weighted by Gasteiger charge is -2.53. The van der Waals surface area contributed by atoms with Gasteiger partial charge in [0.15, 0.2) is 10.8 Å². The highest BCUT2D eigenvalue weighted by Gasteiger charge is 2.56. The summed E-state index contributed by atoms with van der Waals surface area (Å²) in [5, 5.41) is 17.3. The van der Waals surface area contributed by atoms with Crippen LogP contribution in [0.2, 0.25) is 0 Å². The normalized spacial score (nSPS) is 25.1. The molecule has 3 atom stereocenters. The van der Waals surface area contributed by atoms with E-state index in [4.69, 9.17) is 16.3 Å². The Labute approximate surface area is 189 Å². The molecule has 3 heterocycles. The molecule has 2 aliphatic heterocycles. The Morgan fingerprint density at radius 3 is 2.84 bits per heavy atom. The Kier molecular flexibility index (Phi) is 6.88. The monoisotopic (exact) mass is 484 g/mol. The van der Waals surface area contributed by atoms with Gasteiger partial charge in [0.25, 0.3) is 5.91 Å². The van der Waals surface area contributed by atoms with Gasteiger partial charge in [-0.25, -0.2) is 9.78 Å². The van der Waals surface area contributed by atoms with E-state index in [0.29, 0.717) is 0 Å². The van der Waals surface area contributed by atoms with Gasteiger partial charge in [-0.05, 0) is 6.08 Å². The molecule has 6 N–H and O–H groups in total. The standard InChI is InChI=1S/C17H20N6O7S2/c1-29-22-9(8-5-31-15(18)20-8)11(24)21-10-12(25)23-6-17(14(26)27,7-32-13(10)23)3-2-4-30-16(19)28/h2-3,5,10,13H,4,6-7H2,1H3,(H2,18,20)(H2,19,28)(H,21,24)(H,26,27)/t10?,13-,17?/m1/s1. The number of hydrogen-bond acceptors (Lipinski definition) is 11. The van der Waals surface area contributed by atoms with Gasteiger partial charge >= 0.3 is 12.1 Å². The second kappa shape index (κ2) is 9.44. The number of hydrogen-bond donors (Lipinski definition) is 4. The van der Waals surface area contributed by atoms with Crippen molar-refractivity contribution in [2.75, 3.05) is 31.7 Å². The van der Waals surface area contributed by atoms with Crippen molar-refractivity contribution in [3.05, 3.63) is 23.2 Å². The number of amides is 3. The maximum absolute atomic E-state index is 12.7. The molecule has 0 saturated carbocycles. The Morgan fingerprint density at radius 2 is 2.25 bits per heavy atom. The first kappa shape index (κ1) is 23.3. The van der Waals surface area contributed by atoms with Gasteiger partial charge < -0.3 is 36.4 Å². The smallest absolute Gasteiger partial charge is 0.404 e. The van der Waals surface area contributed by atoms with E-state index in [9.17, 15) is 24.3 Å². The summed E-state index contributed by atoms with van der Waals surface area (Å²) in [7, 11) is 1.27. The van der Waals surface area contributed by atoms with Gasteiger partial charge in [-0.3, -0.25) is 14.4 Å². The van der Waals surface area contributed by atoms with Crippen molar-refractivity contribution in [1.29, 1.82) is 0 Å². The lowest BCUT2D eigenvalue weighted by atomic mass is 9.86. The summed E-state index contributed by atoms with van der Waals surface area (Å²) in [6.07, 6.45) is 1.78. The van der Waals surface area contributed by atoms with Gasteiger partial charge in [0.05, 0.1) is 0 Å². The highest BCUT2D eigenvalue weighted by molar-refractivity contribution is 8.00. The minimum absolute atomic E-state index is 0.0973. The third kappa shape index (κ3) is 4.62. The molecule has 0 bridgehead atoms. The zero-order chi connectivity index (χ0) is 23.5. The van der Waals surface area contributed by atoms with Gasteiger partial charge in [0.1, 0.15) is 36.2 Å². The number of nitrogens with one attached hydrogen (secondary N) is 1. The van der Waals surface area contributed by atoms with Gasteiger partial charge in [-0.1, -0.05) is 11.2 Å². The molecule has 1 aromatic rings. The van der Waals surface area contributed by atoms with Gasteiger partial charge in [0, 0.05) is 17.7 Å². The molecule has 32 heavy (non-hydrogen) atoms. The number of oxime groups is 1. The quantitative estimate of drug-likeness (QED) is 0.157. The van der Waals surface area contributed by atoms with Crippen LogP contribution >= 0.6 is 23.1 Å². The van der Waals surface area contributed by atoms with E-state index >= 15 is 0 Å². The molecule has 15 heteroatoms. The zero-order valence-corrected chi connectivity index (χ0v) is 18.4. The first-order chi connectivity index (χ1) is 15.2. The van der Waals surface area contributed by atoms with Gasteiger partial charge in [0.2, 0.25) is 5.91 Å². The predicted octanol–water partition coefficient (Wildman–Crippen LogP) is -0.802. The number of β-lactam (4-membered cyclic amide) rings is 1. The van der Waals surface area contributed by atoms with Crippen LogP contribution in [0.1, 0.15) is 5.69 Å². The molecule has 1 aromatic heterocycles. The van der Waals surface area contributed by atoms with Crippen LogP contribution in [0, 0.1) is 5.41 Å². The number of fused-ring (bicyclic) bond motifs is 1. The van der Waals surface area contributed by atoms with Crippen LogP contribution in [-0.2, 0) is 24.0 Å². The third-order valence-electron chi connectivity index (χ3n) is 4.74. The first-order valence-electron chi connectivity index (χ1n) is 9.07. The van der Waals surface area contributed by atoms with Crippen LogP contribution in [0.5, 0.6) is 0 Å². The Morgan fingerprint density at radius 1 is 1.50 bits per heavy atom. The summed E-state index contributed by atoms with van der Waals surface area (Å²) in [6, 6.07) is -0.862. The Bertz CT molecular complexity index is 996. The van der Waals surface area contributed by atoms with E-state index in [-0.39, 0.29) is 35.4 Å². The van der Waals surface area contributed by atoms with Crippen LogP contribution < -0.4 is 16.8 Å². The summed E-state index contributed by atoms with van der Waals surface area (Å²) in [6.45, 7) is -0.284. The molecular formula is C17H20N6O7S2. The van der Waals surface area contributed by atoms with Crippen molar-refractivity contribution in [2.45, 2.75) is 11.4 Å². The number of nitrogen functional groups attached to an aromatic ring is 1. The molecule has 13 nitrogen and oxygen atoms in total. The Balaban J connectivity index is 1.68. The maximum Gasteiger partial charge on any atom is 0.404 e. The number of carboxylic acid groups (broad SMARTS) is 1. The number of carboxylic acids is 1. The molecule has 0 radical (unpaired) electrons. The van der Waals surface area contributed by atoms with E-state index in [0.717, 1.165) is 11.3 Å². The molecule has 2 unspecified atom stereocenters. The summed E-state index contributed by atoms with van der Waals surface area (Å²) >= 11 is 2.33. The number of nitrogens with zero attached hydrogens (tertiary/aromatic N) is 3. The summed E-state index contributed by atoms with van der Waals surface area (Å²) < 4.78 is 4.57. The minimum atomic E-state index is -1.37. The van der Waals surface area contributed by atoms with Crippen molar-refractivity contribution in [1.82, 2.24) is 15.2 Å². The molecule has 2 saturated heterocycles. The molecular weight excluding hydrogens is 464 g/mol. The minimum Gasteiger partial charge on any atom is -0.481 e. The number of anilines is 1. The highest BCUT2D eigenvalue weighted by atomic mass is 32.2. The largest absolute Gasteiger partial charge is 0.481 e. The molecule has 0 aromatic carbocycles. The maximum atomic E-state index is 12.7. The van der Waals surface area contributed by atoms with Crippen LogP contribution in [0.15, 0.2) is 22.7 Å². The lowest BCUT2D eigenvalue weighted by molar-refractivity contribution is -0.156. The van der Waals surface area contributed by atoms with Crippen LogP contribution in [-0.4, -0.2) is 82.0 Å². The zero-order valence-electron chi connectivity index (χ0n) is 16.7. The van der Waals surface area contributed by atoms with E-state index in [2.05, 4.69) is 20.2 Å². The van der Waals surface area contributed by atoms with E-state index < -0.39 is 40.7 Å². The van der Waals surface area contributed by atoms with Crippen molar-refractivity contribution in [3.8, 4) is 0 Å². The first-order valence-corrected chi connectivity index (χ1v) is 11.0. The average molecular weight is 485 g/mol. The molecule has 172 valence electrons. The van der Waals surface area contributed by atoms with E-state index in [1.807, 2.05) is 0 Å². The number of thiazole rings is 1. The molecule has 3 rings (SSSR count). The SMILES string of the molecule is CON=C(C(=O)NC1C(=O)N2CC(C=CCOC(N)=O)(C(=O)O)CS[C@H]12)c1csc(N)n1. The fourth-order valence-corrected chi connectivity index (χ4v) is 5.26. The van der Waals surface area contributed by atoms with Crippen molar-refractivity contribution in [3.63, 3.8) is 0 Å². The summed E-state index contributed by atoms with van der Waals surface area (Å²) in [5.74, 6) is -2.10. The van der Waals surface area contributed by atoms with Crippen molar-refractivity contribution in [2.24, 2.45) is 16.3 Å². The highest BCUT2D eigenvalue weighted by Crippen LogP contribution is 2.43. The van der Waals surface area contributed by atoms with Crippen LogP contribution in [0.3, 0.4) is 0 Å². The molecule has 2 fully saturated rings. The van der Waals surface area contributed by atoms with E-state index in [1.165, 1.54) is 41.3 Å². The number of aliphatic carboxylic acids is 1. The van der Waals surface area contributed by atoms with Crippen molar-refractivity contribution < 1.29 is 33.9 Å². The number of carbonyl (C=O) groups excluding carboxylic acids is 3. The molecule has 3 amide bonds. The second-order valence-corrected chi connectivity index (χ2v) is 8.80. The number of aromatic nitrogens is 1. The topological polar surface area (TPSA) is 200 Å². The molecule has 2 aliphatic rings. The molecule has 0 aliphatic carbocycles. The fraction of sp³-hybridized carbons (Fsp3) is 0.412. The van der Waals surface area contributed by atoms with Crippen LogP contribution in [0.25, 0.3) is 0 Å². The number of nitrogens with two attached hydrogens (primary N) is 2. The number of thioether (sulfide) groups is 1. The number of rotatable bonds is 8. The van der Waals surface area contributed by atoms with Crippen LogP contribution in [0.4, 0.5) is 9.93 Å². The fourth-order valence-electron chi connectivity index (χ4n) is 3.20. The Hall–Kier alpha value is -3.33. The van der Waals surface area contributed by atoms with Gasteiger partial charge in [-0.15, -0.1) is 23.1 Å². The summed E-state index contributed by atoms with van der Waals surface area (Å²) in [5.41, 5.74) is 9.18. The number of ether oxygens (including phenoxy) is 1. The predicted molar refractivity (Wildman–Crippen MR) is 115 cm³/mol. The number of carbonyl (C=O) groups is 4. The van der Waals surface area contributed by atoms with Crippen molar-refractivity contribution >= 4 is 57.8 Å². The molecule has 0 spiro atoms. The summed E-state index contributed by atoms with van der Waals surface area (Å²) in [4.78, 5) is 58.0. The average Bonchev–Trinajstić information content (AvgIpc) is 3.18. The number of primary amides is 1. The third-order valence-corrected chi connectivity index (χ3v) is 6.96. The lowest BCUT2D eigenvalue weighted by Crippen LogP contribution is -2.73. The van der Waals surface area contributed by atoms with E-state index in [1.54, 1.807) is 0 Å².